The first kappa shape index (κ1) is 13.2. The van der Waals surface area contributed by atoms with Crippen LogP contribution in [0, 0.1) is 0 Å². The van der Waals surface area contributed by atoms with Crippen LogP contribution in [0.4, 0.5) is 5.69 Å². The zero-order valence-electron chi connectivity index (χ0n) is 8.48. The largest absolute Gasteiger partial charge is 0.394 e. The van der Waals surface area contributed by atoms with Crippen molar-refractivity contribution in [3.63, 3.8) is 0 Å². The molecule has 16 heavy (non-hydrogen) atoms. The predicted octanol–water partition coefficient (Wildman–Crippen LogP) is 0.980. The molecule has 1 rings (SSSR count). The molecule has 0 bridgehead atoms. The summed E-state index contributed by atoms with van der Waals surface area (Å²) in [7, 11) is 0. The number of halogens is 1. The summed E-state index contributed by atoms with van der Waals surface area (Å²) in [5, 5.41) is 24.4. The lowest BCUT2D eigenvalue weighted by molar-refractivity contribution is 0.184. The molecule has 88 valence electrons. The van der Waals surface area contributed by atoms with Gasteiger partial charge in [0, 0.05) is 10.7 Å². The van der Waals surface area contributed by atoms with Crippen LogP contribution in [0.15, 0.2) is 24.3 Å². The molecule has 0 aromatic heterocycles. The summed E-state index contributed by atoms with van der Waals surface area (Å²) in [6.45, 7) is -0.363. The highest BCUT2D eigenvalue weighted by Gasteiger charge is 2.06. The second kappa shape index (κ2) is 6.65. The summed E-state index contributed by atoms with van der Waals surface area (Å²) >= 11 is 10.7. The Hall–Kier alpha value is -0.880. The van der Waals surface area contributed by atoms with E-state index in [2.05, 4.69) is 10.6 Å². The Balaban J connectivity index is 2.48. The number of nitrogens with one attached hydrogen (secondary N) is 2. The molecule has 0 saturated heterocycles. The summed E-state index contributed by atoms with van der Waals surface area (Å²) in [5.74, 6) is 0. The van der Waals surface area contributed by atoms with Crippen molar-refractivity contribution >= 4 is 34.6 Å². The molecule has 0 aliphatic heterocycles. The summed E-state index contributed by atoms with van der Waals surface area (Å²) in [5.41, 5.74) is 0.788. The Morgan fingerprint density at radius 1 is 1.25 bits per heavy atom. The number of benzene rings is 1. The van der Waals surface area contributed by atoms with Crippen LogP contribution in [0.1, 0.15) is 0 Å². The number of anilines is 1. The van der Waals surface area contributed by atoms with Crippen LogP contribution in [-0.4, -0.2) is 34.6 Å². The van der Waals surface area contributed by atoms with Crippen LogP contribution in [0.3, 0.4) is 0 Å². The fourth-order valence-electron chi connectivity index (χ4n) is 1.03. The zero-order valence-corrected chi connectivity index (χ0v) is 10.1. The summed E-state index contributed by atoms with van der Waals surface area (Å²) in [4.78, 5) is 0. The maximum absolute atomic E-state index is 8.85. The Kier molecular flexibility index (Phi) is 5.48. The minimum atomic E-state index is -0.452. The van der Waals surface area contributed by atoms with Crippen LogP contribution in [0.25, 0.3) is 0 Å². The number of aliphatic hydroxyl groups excluding tert-OH is 2. The Morgan fingerprint density at radius 2 is 1.81 bits per heavy atom. The maximum Gasteiger partial charge on any atom is 0.171 e. The van der Waals surface area contributed by atoms with Crippen LogP contribution < -0.4 is 10.6 Å². The molecule has 0 aliphatic rings. The summed E-state index contributed by atoms with van der Waals surface area (Å²) in [6, 6.07) is 6.59. The molecular formula is C10H13ClN2O2S. The Morgan fingerprint density at radius 3 is 2.31 bits per heavy atom. The van der Waals surface area contributed by atoms with E-state index >= 15 is 0 Å². The number of hydrogen-bond acceptors (Lipinski definition) is 3. The van der Waals surface area contributed by atoms with Crippen molar-refractivity contribution in [3.8, 4) is 0 Å². The van der Waals surface area contributed by atoms with Gasteiger partial charge >= 0.3 is 0 Å². The van der Waals surface area contributed by atoms with Crippen LogP contribution in [0.5, 0.6) is 0 Å². The molecule has 0 heterocycles. The van der Waals surface area contributed by atoms with E-state index in [9.17, 15) is 0 Å². The van der Waals surface area contributed by atoms with Gasteiger partial charge in [0.05, 0.1) is 19.3 Å². The van der Waals surface area contributed by atoms with Gasteiger partial charge in [-0.2, -0.15) is 0 Å². The van der Waals surface area contributed by atoms with E-state index < -0.39 is 6.04 Å². The molecule has 4 N–H and O–H groups in total. The SMILES string of the molecule is OCC(CO)NC(=S)Nc1ccc(Cl)cc1. The average Bonchev–Trinajstić information content (AvgIpc) is 2.29. The molecule has 0 saturated carbocycles. The highest BCUT2D eigenvalue weighted by molar-refractivity contribution is 7.80. The van der Waals surface area contributed by atoms with Crippen molar-refractivity contribution in [1.29, 1.82) is 0 Å². The monoisotopic (exact) mass is 260 g/mol. The van der Waals surface area contributed by atoms with Crippen molar-refractivity contribution in [2.24, 2.45) is 0 Å². The van der Waals surface area contributed by atoms with Crippen molar-refractivity contribution in [1.82, 2.24) is 5.32 Å². The lowest BCUT2D eigenvalue weighted by Crippen LogP contribution is -2.42. The number of aliphatic hydroxyl groups is 2. The van der Waals surface area contributed by atoms with Crippen LogP contribution in [-0.2, 0) is 0 Å². The van der Waals surface area contributed by atoms with Gasteiger partial charge in [0.15, 0.2) is 5.11 Å². The first-order valence-corrected chi connectivity index (χ1v) is 5.49. The molecule has 1 aromatic carbocycles. The van der Waals surface area contributed by atoms with Crippen LogP contribution >= 0.6 is 23.8 Å². The Bertz CT molecular complexity index is 341. The third-order valence-electron chi connectivity index (χ3n) is 1.88. The van der Waals surface area contributed by atoms with Gasteiger partial charge in [-0.3, -0.25) is 0 Å². The Labute approximate surface area is 104 Å². The van der Waals surface area contributed by atoms with Gasteiger partial charge in [0.25, 0.3) is 0 Å². The van der Waals surface area contributed by atoms with Crippen molar-refractivity contribution in [2.45, 2.75) is 6.04 Å². The molecule has 0 atom stereocenters. The smallest absolute Gasteiger partial charge is 0.171 e. The minimum absolute atomic E-state index is 0.182. The summed E-state index contributed by atoms with van der Waals surface area (Å²) in [6.07, 6.45) is 0. The van der Waals surface area contributed by atoms with Gasteiger partial charge in [-0.05, 0) is 36.5 Å². The lowest BCUT2D eigenvalue weighted by Gasteiger charge is -2.16. The molecule has 6 heteroatoms. The van der Waals surface area contributed by atoms with Crippen LogP contribution in [0.2, 0.25) is 5.02 Å². The van der Waals surface area contributed by atoms with Crippen molar-refractivity contribution in [2.75, 3.05) is 18.5 Å². The molecule has 0 amide bonds. The van der Waals surface area contributed by atoms with E-state index in [-0.39, 0.29) is 13.2 Å². The molecule has 4 nitrogen and oxygen atoms in total. The maximum atomic E-state index is 8.85. The fourth-order valence-corrected chi connectivity index (χ4v) is 1.45. The molecule has 0 radical (unpaired) electrons. The first-order valence-electron chi connectivity index (χ1n) is 4.70. The second-order valence-electron chi connectivity index (χ2n) is 3.17. The van der Waals surface area contributed by atoms with Gasteiger partial charge in [-0.1, -0.05) is 11.6 Å². The first-order chi connectivity index (χ1) is 7.65. The second-order valence-corrected chi connectivity index (χ2v) is 4.01. The predicted molar refractivity (Wildman–Crippen MR) is 68.8 cm³/mol. The number of hydrogen-bond donors (Lipinski definition) is 4. The average molecular weight is 261 g/mol. The van der Waals surface area contributed by atoms with E-state index in [0.717, 1.165) is 5.69 Å². The highest BCUT2D eigenvalue weighted by atomic mass is 35.5. The normalized spacial score (nSPS) is 10.2. The standard InChI is InChI=1S/C10H13ClN2O2S/c11-7-1-3-8(4-2-7)12-10(16)13-9(5-14)6-15/h1-4,9,14-15H,5-6H2,(H2,12,13,16). The van der Waals surface area contributed by atoms with Gasteiger partial charge in [-0.15, -0.1) is 0 Å². The van der Waals surface area contributed by atoms with Gasteiger partial charge in [0.2, 0.25) is 0 Å². The van der Waals surface area contributed by atoms with Gasteiger partial charge in [0.1, 0.15) is 0 Å². The highest BCUT2D eigenvalue weighted by Crippen LogP contribution is 2.13. The van der Waals surface area contributed by atoms with Gasteiger partial charge < -0.3 is 20.8 Å². The number of thiocarbonyl (C=S) groups is 1. The van der Waals surface area contributed by atoms with Crippen molar-refractivity contribution in [3.05, 3.63) is 29.3 Å². The van der Waals surface area contributed by atoms with E-state index in [1.165, 1.54) is 0 Å². The van der Waals surface area contributed by atoms with E-state index in [1.54, 1.807) is 24.3 Å². The molecular weight excluding hydrogens is 248 g/mol. The minimum Gasteiger partial charge on any atom is -0.394 e. The van der Waals surface area contributed by atoms with E-state index in [0.29, 0.717) is 10.1 Å². The molecule has 0 spiro atoms. The van der Waals surface area contributed by atoms with E-state index in [1.807, 2.05) is 0 Å². The molecule has 1 aromatic rings. The number of rotatable bonds is 4. The zero-order chi connectivity index (χ0) is 12.0. The topological polar surface area (TPSA) is 64.5 Å². The molecule has 0 unspecified atom stereocenters. The van der Waals surface area contributed by atoms with Crippen molar-refractivity contribution < 1.29 is 10.2 Å². The molecule has 0 aliphatic carbocycles. The van der Waals surface area contributed by atoms with Gasteiger partial charge in [-0.25, -0.2) is 0 Å². The molecule has 0 fully saturated rings. The fraction of sp³-hybridized carbons (Fsp3) is 0.300. The third kappa shape index (κ3) is 4.32. The lowest BCUT2D eigenvalue weighted by atomic mass is 10.3. The third-order valence-corrected chi connectivity index (χ3v) is 2.35. The van der Waals surface area contributed by atoms with E-state index in [4.69, 9.17) is 34.0 Å². The summed E-state index contributed by atoms with van der Waals surface area (Å²) < 4.78 is 0. The quantitative estimate of drug-likeness (QED) is 0.608.